The normalized spacial score (nSPS) is 11.0. The average Bonchev–Trinajstić information content (AvgIpc) is 3.40. The summed E-state index contributed by atoms with van der Waals surface area (Å²) in [6.07, 6.45) is 1.68. The van der Waals surface area contributed by atoms with E-state index in [0.29, 0.717) is 16.7 Å². The molecule has 0 saturated heterocycles. The SMILES string of the molecule is Nc1[nH]c(C(=O)c2ccccc2)c(-c2cccc(Br)c2)c1C(=O)c1c[nH]c2ccccc12. The number of nitrogens with two attached hydrogens (primary N) is 1. The van der Waals surface area contributed by atoms with Gasteiger partial charge in [0.05, 0.1) is 11.3 Å². The Kier molecular flexibility index (Phi) is 4.99. The lowest BCUT2D eigenvalue weighted by Crippen LogP contribution is -2.06. The number of fused-ring (bicyclic) bond motifs is 1. The number of aromatic nitrogens is 2. The predicted molar refractivity (Wildman–Crippen MR) is 130 cm³/mol. The van der Waals surface area contributed by atoms with Crippen molar-refractivity contribution in [1.82, 2.24) is 9.97 Å². The van der Waals surface area contributed by atoms with Crippen molar-refractivity contribution in [1.29, 1.82) is 0 Å². The number of carbonyl (C=O) groups excluding carboxylic acids is 2. The number of rotatable bonds is 5. The van der Waals surface area contributed by atoms with Gasteiger partial charge in [-0.2, -0.15) is 0 Å². The molecule has 5 rings (SSSR count). The van der Waals surface area contributed by atoms with Gasteiger partial charge in [0.1, 0.15) is 5.82 Å². The number of hydrogen-bond acceptors (Lipinski definition) is 3. The molecule has 5 aromatic rings. The molecule has 0 atom stereocenters. The van der Waals surface area contributed by atoms with E-state index < -0.39 is 0 Å². The molecule has 0 saturated carbocycles. The van der Waals surface area contributed by atoms with E-state index in [2.05, 4.69) is 25.9 Å². The van der Waals surface area contributed by atoms with Gasteiger partial charge >= 0.3 is 0 Å². The number of halogens is 1. The largest absolute Gasteiger partial charge is 0.385 e. The molecular formula is C26H18BrN3O2. The van der Waals surface area contributed by atoms with Crippen LogP contribution in [0.15, 0.2) is 89.5 Å². The van der Waals surface area contributed by atoms with E-state index in [1.807, 2.05) is 54.6 Å². The van der Waals surface area contributed by atoms with Gasteiger partial charge in [-0.15, -0.1) is 0 Å². The Morgan fingerprint density at radius 2 is 1.59 bits per heavy atom. The lowest BCUT2D eigenvalue weighted by Gasteiger charge is -2.08. The molecule has 3 aromatic carbocycles. The number of para-hydroxylation sites is 1. The average molecular weight is 484 g/mol. The molecule has 0 unspecified atom stereocenters. The Labute approximate surface area is 192 Å². The first-order valence-corrected chi connectivity index (χ1v) is 10.8. The number of anilines is 1. The smallest absolute Gasteiger partial charge is 0.209 e. The van der Waals surface area contributed by atoms with Crippen molar-refractivity contribution in [2.45, 2.75) is 0 Å². The van der Waals surface area contributed by atoms with Crippen LogP contribution in [0.5, 0.6) is 0 Å². The third-order valence-electron chi connectivity index (χ3n) is 5.47. The molecule has 156 valence electrons. The number of H-pyrrole nitrogens is 2. The van der Waals surface area contributed by atoms with Crippen LogP contribution in [-0.4, -0.2) is 21.5 Å². The first-order chi connectivity index (χ1) is 15.5. The molecule has 0 aliphatic heterocycles. The Bertz CT molecular complexity index is 1480. The van der Waals surface area contributed by atoms with Crippen molar-refractivity contribution < 1.29 is 9.59 Å². The molecule has 2 aromatic heterocycles. The van der Waals surface area contributed by atoms with E-state index >= 15 is 0 Å². The summed E-state index contributed by atoms with van der Waals surface area (Å²) in [6, 6.07) is 24.0. The first kappa shape index (κ1) is 20.0. The van der Waals surface area contributed by atoms with Crippen molar-refractivity contribution in [3.63, 3.8) is 0 Å². The zero-order valence-corrected chi connectivity index (χ0v) is 18.4. The number of benzene rings is 3. The molecule has 2 heterocycles. The highest BCUT2D eigenvalue weighted by molar-refractivity contribution is 9.10. The van der Waals surface area contributed by atoms with Crippen LogP contribution in [0, 0.1) is 0 Å². The van der Waals surface area contributed by atoms with Crippen molar-refractivity contribution in [3.8, 4) is 11.1 Å². The second kappa shape index (κ2) is 7.98. The lowest BCUT2D eigenvalue weighted by atomic mass is 9.93. The van der Waals surface area contributed by atoms with Gasteiger partial charge in [0.2, 0.25) is 5.78 Å². The van der Waals surface area contributed by atoms with E-state index in [1.165, 1.54) is 0 Å². The summed E-state index contributed by atoms with van der Waals surface area (Å²) in [6.45, 7) is 0. The molecule has 0 aliphatic rings. The van der Waals surface area contributed by atoms with Crippen LogP contribution >= 0.6 is 15.9 Å². The quantitative estimate of drug-likeness (QED) is 0.269. The summed E-state index contributed by atoms with van der Waals surface area (Å²) < 4.78 is 0.832. The van der Waals surface area contributed by atoms with Gasteiger partial charge in [-0.05, 0) is 23.8 Å². The van der Waals surface area contributed by atoms with E-state index in [1.54, 1.807) is 30.5 Å². The molecule has 0 fully saturated rings. The van der Waals surface area contributed by atoms with E-state index in [4.69, 9.17) is 5.73 Å². The van der Waals surface area contributed by atoms with Gasteiger partial charge in [0.25, 0.3) is 0 Å². The molecular weight excluding hydrogens is 466 g/mol. The van der Waals surface area contributed by atoms with E-state index in [0.717, 1.165) is 20.9 Å². The number of hydrogen-bond donors (Lipinski definition) is 3. The van der Waals surface area contributed by atoms with Crippen molar-refractivity contribution in [3.05, 3.63) is 112 Å². The standard InChI is InChI=1S/C26H18BrN3O2/c27-17-10-6-9-16(13-17)21-22(25(32)19-14-29-20-12-5-4-11-18(19)20)26(28)30-23(21)24(31)15-7-2-1-3-8-15/h1-14,29-30H,28H2. The van der Waals surface area contributed by atoms with E-state index in [-0.39, 0.29) is 28.6 Å². The van der Waals surface area contributed by atoms with Crippen LogP contribution in [0.4, 0.5) is 5.82 Å². The minimum atomic E-state index is -0.252. The van der Waals surface area contributed by atoms with Gasteiger partial charge in [0, 0.05) is 38.3 Å². The summed E-state index contributed by atoms with van der Waals surface area (Å²) in [7, 11) is 0. The fourth-order valence-corrected chi connectivity index (χ4v) is 4.39. The Morgan fingerprint density at radius 3 is 2.38 bits per heavy atom. The third-order valence-corrected chi connectivity index (χ3v) is 5.96. The van der Waals surface area contributed by atoms with Crippen LogP contribution < -0.4 is 5.73 Å². The highest BCUT2D eigenvalue weighted by Gasteiger charge is 2.29. The molecule has 0 radical (unpaired) electrons. The Hall–Kier alpha value is -3.90. The fraction of sp³-hybridized carbons (Fsp3) is 0. The Morgan fingerprint density at radius 1 is 0.844 bits per heavy atom. The molecule has 4 N–H and O–H groups in total. The van der Waals surface area contributed by atoms with Gasteiger partial charge in [-0.1, -0.05) is 76.6 Å². The zero-order valence-electron chi connectivity index (χ0n) is 16.9. The fourth-order valence-electron chi connectivity index (χ4n) is 3.99. The zero-order chi connectivity index (χ0) is 22.2. The van der Waals surface area contributed by atoms with Gasteiger partial charge in [-0.25, -0.2) is 0 Å². The topological polar surface area (TPSA) is 91.7 Å². The summed E-state index contributed by atoms with van der Waals surface area (Å²) in [5.41, 5.74) is 9.98. The predicted octanol–water partition coefficient (Wildman–Crippen LogP) is 5.97. The molecule has 0 amide bonds. The molecule has 0 aliphatic carbocycles. The van der Waals surface area contributed by atoms with Crippen LogP contribution in [0.1, 0.15) is 32.0 Å². The molecule has 0 bridgehead atoms. The molecule has 0 spiro atoms. The third kappa shape index (κ3) is 3.35. The lowest BCUT2D eigenvalue weighted by molar-refractivity contribution is 0.103. The first-order valence-electron chi connectivity index (χ1n) is 10.0. The van der Waals surface area contributed by atoms with Crippen molar-refractivity contribution in [2.75, 3.05) is 5.73 Å². The number of aromatic amines is 2. The van der Waals surface area contributed by atoms with Gasteiger partial charge < -0.3 is 15.7 Å². The van der Waals surface area contributed by atoms with Crippen LogP contribution in [0.2, 0.25) is 0 Å². The molecule has 6 heteroatoms. The monoisotopic (exact) mass is 483 g/mol. The number of nitrogen functional groups attached to an aromatic ring is 1. The van der Waals surface area contributed by atoms with Gasteiger partial charge in [0.15, 0.2) is 5.78 Å². The second-order valence-corrected chi connectivity index (χ2v) is 8.36. The Balaban J connectivity index is 1.75. The maximum Gasteiger partial charge on any atom is 0.209 e. The maximum atomic E-state index is 13.8. The highest BCUT2D eigenvalue weighted by Crippen LogP contribution is 2.37. The highest BCUT2D eigenvalue weighted by atomic mass is 79.9. The molecule has 32 heavy (non-hydrogen) atoms. The van der Waals surface area contributed by atoms with Crippen LogP contribution in [-0.2, 0) is 0 Å². The minimum Gasteiger partial charge on any atom is -0.385 e. The maximum absolute atomic E-state index is 13.8. The van der Waals surface area contributed by atoms with Gasteiger partial charge in [-0.3, -0.25) is 9.59 Å². The minimum absolute atomic E-state index is 0.162. The summed E-state index contributed by atoms with van der Waals surface area (Å²) in [5, 5.41) is 0.800. The number of carbonyl (C=O) groups is 2. The molecule has 5 nitrogen and oxygen atoms in total. The summed E-state index contributed by atoms with van der Waals surface area (Å²) in [5.74, 6) is -0.321. The van der Waals surface area contributed by atoms with Crippen molar-refractivity contribution >= 4 is 44.2 Å². The second-order valence-electron chi connectivity index (χ2n) is 7.45. The summed E-state index contributed by atoms with van der Waals surface area (Å²) >= 11 is 3.49. The van der Waals surface area contributed by atoms with Crippen LogP contribution in [0.3, 0.4) is 0 Å². The van der Waals surface area contributed by atoms with Crippen LogP contribution in [0.25, 0.3) is 22.0 Å². The number of ketones is 2. The summed E-state index contributed by atoms with van der Waals surface area (Å²) in [4.78, 5) is 33.3. The number of nitrogens with one attached hydrogen (secondary N) is 2. The van der Waals surface area contributed by atoms with Crippen molar-refractivity contribution in [2.24, 2.45) is 0 Å². The van der Waals surface area contributed by atoms with E-state index in [9.17, 15) is 9.59 Å².